The number of aldehydes is 1. The Morgan fingerprint density at radius 3 is 2.87 bits per heavy atom. The van der Waals surface area contributed by atoms with Crippen LogP contribution in [0, 0.1) is 12.3 Å². The smallest absolute Gasteiger partial charge is 0.161 e. The Labute approximate surface area is 89.0 Å². The predicted octanol–water partition coefficient (Wildman–Crippen LogP) is 1.91. The van der Waals surface area contributed by atoms with E-state index in [2.05, 4.69) is 5.92 Å². The van der Waals surface area contributed by atoms with Crippen LogP contribution in [-0.2, 0) is 0 Å². The van der Waals surface area contributed by atoms with Gasteiger partial charge < -0.3 is 9.47 Å². The van der Waals surface area contributed by atoms with E-state index in [-0.39, 0.29) is 0 Å². The number of benzene rings is 1. The summed E-state index contributed by atoms with van der Waals surface area (Å²) in [5, 5.41) is 0. The van der Waals surface area contributed by atoms with Crippen LogP contribution in [0.5, 0.6) is 11.5 Å². The van der Waals surface area contributed by atoms with Gasteiger partial charge in [-0.1, -0.05) is 0 Å². The average Bonchev–Trinajstić information content (AvgIpc) is 2.29. The van der Waals surface area contributed by atoms with E-state index in [1.165, 1.54) is 7.11 Å². The highest BCUT2D eigenvalue weighted by Gasteiger charge is 2.04. The fraction of sp³-hybridized carbons (Fsp3) is 0.250. The summed E-state index contributed by atoms with van der Waals surface area (Å²) in [6.07, 6.45) is 6.40. The van der Waals surface area contributed by atoms with Crippen molar-refractivity contribution in [3.05, 3.63) is 23.8 Å². The molecule has 0 heterocycles. The number of carbonyl (C=O) groups excluding carboxylic acids is 1. The molecule has 0 radical (unpaired) electrons. The standard InChI is InChI=1S/C12H12O3/c1-3-4-7-15-11-6-5-10(9-13)8-12(11)14-2/h1,5-6,8-9H,4,7H2,2H3. The third-order valence-corrected chi connectivity index (χ3v) is 1.83. The molecule has 0 atom stereocenters. The number of rotatable bonds is 5. The highest BCUT2D eigenvalue weighted by atomic mass is 16.5. The van der Waals surface area contributed by atoms with E-state index in [9.17, 15) is 4.79 Å². The third kappa shape index (κ3) is 3.03. The van der Waals surface area contributed by atoms with Gasteiger partial charge in [-0.05, 0) is 18.2 Å². The predicted molar refractivity (Wildman–Crippen MR) is 57.3 cm³/mol. The molecule has 0 saturated carbocycles. The monoisotopic (exact) mass is 204 g/mol. The average molecular weight is 204 g/mol. The molecule has 0 spiro atoms. The topological polar surface area (TPSA) is 35.5 Å². The van der Waals surface area contributed by atoms with E-state index < -0.39 is 0 Å². The molecule has 0 amide bonds. The van der Waals surface area contributed by atoms with Gasteiger partial charge in [0.25, 0.3) is 0 Å². The van der Waals surface area contributed by atoms with Crippen molar-refractivity contribution in [2.75, 3.05) is 13.7 Å². The van der Waals surface area contributed by atoms with Crippen LogP contribution in [0.2, 0.25) is 0 Å². The highest BCUT2D eigenvalue weighted by Crippen LogP contribution is 2.27. The minimum absolute atomic E-state index is 0.438. The molecule has 15 heavy (non-hydrogen) atoms. The number of hydrogen-bond donors (Lipinski definition) is 0. The summed E-state index contributed by atoms with van der Waals surface area (Å²) in [7, 11) is 1.53. The first kappa shape index (κ1) is 11.1. The van der Waals surface area contributed by atoms with Crippen LogP contribution in [0.1, 0.15) is 16.8 Å². The van der Waals surface area contributed by atoms with Crippen molar-refractivity contribution in [1.82, 2.24) is 0 Å². The van der Waals surface area contributed by atoms with Crippen molar-refractivity contribution in [3.8, 4) is 23.8 Å². The summed E-state index contributed by atoms with van der Waals surface area (Å²) >= 11 is 0. The van der Waals surface area contributed by atoms with Gasteiger partial charge in [0.2, 0.25) is 0 Å². The lowest BCUT2D eigenvalue weighted by molar-refractivity contribution is 0.112. The summed E-state index contributed by atoms with van der Waals surface area (Å²) in [5.74, 6) is 3.61. The Balaban J connectivity index is 2.79. The Hall–Kier alpha value is -1.95. The highest BCUT2D eigenvalue weighted by molar-refractivity contribution is 5.76. The van der Waals surface area contributed by atoms with E-state index in [0.717, 1.165) is 6.29 Å². The van der Waals surface area contributed by atoms with Gasteiger partial charge in [-0.2, -0.15) is 0 Å². The number of hydrogen-bond acceptors (Lipinski definition) is 3. The fourth-order valence-electron chi connectivity index (χ4n) is 1.10. The van der Waals surface area contributed by atoms with Crippen molar-refractivity contribution >= 4 is 6.29 Å². The minimum atomic E-state index is 0.438. The molecule has 1 aromatic carbocycles. The number of ether oxygens (including phenoxy) is 2. The van der Waals surface area contributed by atoms with Gasteiger partial charge in [0, 0.05) is 12.0 Å². The van der Waals surface area contributed by atoms with Crippen LogP contribution in [-0.4, -0.2) is 20.0 Å². The summed E-state index contributed by atoms with van der Waals surface area (Å²) in [6, 6.07) is 4.98. The van der Waals surface area contributed by atoms with Crippen molar-refractivity contribution in [1.29, 1.82) is 0 Å². The summed E-state index contributed by atoms with van der Waals surface area (Å²) in [6.45, 7) is 0.438. The number of methoxy groups -OCH3 is 1. The molecule has 0 N–H and O–H groups in total. The van der Waals surface area contributed by atoms with Crippen LogP contribution in [0.3, 0.4) is 0 Å². The first-order valence-electron chi connectivity index (χ1n) is 4.51. The van der Waals surface area contributed by atoms with Crippen LogP contribution in [0.4, 0.5) is 0 Å². The van der Waals surface area contributed by atoms with Gasteiger partial charge in [0.1, 0.15) is 6.29 Å². The van der Waals surface area contributed by atoms with Crippen LogP contribution < -0.4 is 9.47 Å². The molecule has 0 aliphatic heterocycles. The molecule has 3 nitrogen and oxygen atoms in total. The van der Waals surface area contributed by atoms with Crippen LogP contribution in [0.15, 0.2) is 18.2 Å². The SMILES string of the molecule is C#CCCOc1ccc(C=O)cc1OC. The van der Waals surface area contributed by atoms with Gasteiger partial charge in [-0.25, -0.2) is 0 Å². The largest absolute Gasteiger partial charge is 0.493 e. The van der Waals surface area contributed by atoms with E-state index in [1.54, 1.807) is 18.2 Å². The molecule has 1 rings (SSSR count). The Morgan fingerprint density at radius 2 is 2.27 bits per heavy atom. The number of terminal acetylenes is 1. The molecule has 0 aliphatic carbocycles. The minimum Gasteiger partial charge on any atom is -0.493 e. The van der Waals surface area contributed by atoms with E-state index >= 15 is 0 Å². The summed E-state index contributed by atoms with van der Waals surface area (Å²) in [4.78, 5) is 10.5. The second-order valence-corrected chi connectivity index (χ2v) is 2.83. The molecule has 0 fully saturated rings. The zero-order valence-corrected chi connectivity index (χ0v) is 8.53. The van der Waals surface area contributed by atoms with Gasteiger partial charge in [-0.15, -0.1) is 12.3 Å². The van der Waals surface area contributed by atoms with Crippen molar-refractivity contribution in [3.63, 3.8) is 0 Å². The first-order valence-corrected chi connectivity index (χ1v) is 4.51. The maximum atomic E-state index is 10.5. The van der Waals surface area contributed by atoms with Crippen molar-refractivity contribution in [2.24, 2.45) is 0 Å². The van der Waals surface area contributed by atoms with Crippen LogP contribution >= 0.6 is 0 Å². The van der Waals surface area contributed by atoms with Gasteiger partial charge in [0.15, 0.2) is 11.5 Å². The fourth-order valence-corrected chi connectivity index (χ4v) is 1.10. The van der Waals surface area contributed by atoms with E-state index in [0.29, 0.717) is 30.1 Å². The normalized spacial score (nSPS) is 9.07. The Morgan fingerprint density at radius 1 is 1.47 bits per heavy atom. The molecular formula is C12H12O3. The van der Waals surface area contributed by atoms with Crippen LogP contribution in [0.25, 0.3) is 0 Å². The third-order valence-electron chi connectivity index (χ3n) is 1.83. The van der Waals surface area contributed by atoms with Crippen molar-refractivity contribution in [2.45, 2.75) is 6.42 Å². The quantitative estimate of drug-likeness (QED) is 0.417. The second-order valence-electron chi connectivity index (χ2n) is 2.83. The van der Waals surface area contributed by atoms with Gasteiger partial charge in [-0.3, -0.25) is 4.79 Å². The zero-order chi connectivity index (χ0) is 11.1. The Bertz CT molecular complexity index is 377. The second kappa shape index (κ2) is 5.71. The lowest BCUT2D eigenvalue weighted by Gasteiger charge is -2.09. The summed E-state index contributed by atoms with van der Waals surface area (Å²) < 4.78 is 10.5. The molecule has 0 bridgehead atoms. The molecular weight excluding hydrogens is 192 g/mol. The zero-order valence-electron chi connectivity index (χ0n) is 8.53. The van der Waals surface area contributed by atoms with E-state index in [4.69, 9.17) is 15.9 Å². The maximum Gasteiger partial charge on any atom is 0.161 e. The number of carbonyl (C=O) groups is 1. The maximum absolute atomic E-state index is 10.5. The molecule has 78 valence electrons. The van der Waals surface area contributed by atoms with Crippen molar-refractivity contribution < 1.29 is 14.3 Å². The first-order chi connectivity index (χ1) is 7.31. The summed E-state index contributed by atoms with van der Waals surface area (Å²) in [5.41, 5.74) is 0.552. The van der Waals surface area contributed by atoms with E-state index in [1.807, 2.05) is 0 Å². The molecule has 0 unspecified atom stereocenters. The molecule has 0 aliphatic rings. The Kier molecular flexibility index (Phi) is 4.24. The van der Waals surface area contributed by atoms with Gasteiger partial charge in [0.05, 0.1) is 13.7 Å². The van der Waals surface area contributed by atoms with Gasteiger partial charge >= 0.3 is 0 Å². The lowest BCUT2D eigenvalue weighted by atomic mass is 10.2. The lowest BCUT2D eigenvalue weighted by Crippen LogP contribution is -1.98. The molecule has 0 saturated heterocycles. The molecule has 0 aromatic heterocycles. The molecule has 3 heteroatoms. The molecule has 1 aromatic rings.